The lowest BCUT2D eigenvalue weighted by atomic mass is 10.5. The molecule has 66 valence electrons. The van der Waals surface area contributed by atoms with Crippen LogP contribution < -0.4 is 5.32 Å². The third-order valence-corrected chi connectivity index (χ3v) is 1.26. The summed E-state index contributed by atoms with van der Waals surface area (Å²) in [7, 11) is 0. The first-order chi connectivity index (χ1) is 5.27. The van der Waals surface area contributed by atoms with Crippen molar-refractivity contribution in [3.8, 4) is 0 Å². The zero-order valence-electron chi connectivity index (χ0n) is 7.14. The molecule has 0 aliphatic rings. The molecule has 0 atom stereocenters. The van der Waals surface area contributed by atoms with Gasteiger partial charge in [0.05, 0.1) is 12.7 Å². The predicted molar refractivity (Wildman–Crippen MR) is 49.0 cm³/mol. The van der Waals surface area contributed by atoms with Crippen molar-refractivity contribution >= 4 is 11.6 Å². The summed E-state index contributed by atoms with van der Waals surface area (Å²) in [5.74, 6) is 0. The highest BCUT2D eigenvalue weighted by Gasteiger charge is 1.90. The number of halogens is 1. The summed E-state index contributed by atoms with van der Waals surface area (Å²) in [5, 5.41) is 3.15. The van der Waals surface area contributed by atoms with Crippen LogP contribution in [0, 0.1) is 0 Å². The molecule has 11 heavy (non-hydrogen) atoms. The molecule has 0 saturated heterocycles. The highest BCUT2D eigenvalue weighted by Crippen LogP contribution is 1.84. The molecule has 0 aromatic heterocycles. The molecule has 0 saturated carbocycles. The Balaban J connectivity index is 2.91. The van der Waals surface area contributed by atoms with E-state index in [9.17, 15) is 0 Å². The van der Waals surface area contributed by atoms with E-state index in [0.717, 1.165) is 19.7 Å². The molecular weight excluding hydrogens is 162 g/mol. The average molecular weight is 178 g/mol. The quantitative estimate of drug-likeness (QED) is 0.625. The van der Waals surface area contributed by atoms with E-state index in [1.807, 2.05) is 19.9 Å². The second-order valence-corrected chi connectivity index (χ2v) is 2.74. The van der Waals surface area contributed by atoms with Gasteiger partial charge in [-0.05, 0) is 13.8 Å². The lowest BCUT2D eigenvalue weighted by Crippen LogP contribution is -2.21. The molecule has 1 N–H and O–H groups in total. The van der Waals surface area contributed by atoms with Gasteiger partial charge in [0.1, 0.15) is 0 Å². The fourth-order valence-corrected chi connectivity index (χ4v) is 0.686. The first kappa shape index (κ1) is 11.0. The van der Waals surface area contributed by atoms with E-state index in [4.69, 9.17) is 16.3 Å². The SMILES string of the molecule is CC(C)OCCNC/C=C/Cl. The van der Waals surface area contributed by atoms with E-state index in [0.29, 0.717) is 6.10 Å². The fraction of sp³-hybridized carbons (Fsp3) is 0.750. The maximum Gasteiger partial charge on any atom is 0.0594 e. The number of ether oxygens (including phenoxy) is 1. The van der Waals surface area contributed by atoms with E-state index in [2.05, 4.69) is 5.32 Å². The van der Waals surface area contributed by atoms with Crippen LogP contribution in [0.5, 0.6) is 0 Å². The average Bonchev–Trinajstić information content (AvgIpc) is 1.96. The van der Waals surface area contributed by atoms with Crippen LogP contribution in [0.3, 0.4) is 0 Å². The van der Waals surface area contributed by atoms with E-state index in [1.54, 1.807) is 0 Å². The van der Waals surface area contributed by atoms with Crippen molar-refractivity contribution in [3.63, 3.8) is 0 Å². The largest absolute Gasteiger partial charge is 0.377 e. The van der Waals surface area contributed by atoms with Gasteiger partial charge in [0.15, 0.2) is 0 Å². The highest BCUT2D eigenvalue weighted by molar-refractivity contribution is 6.25. The molecule has 0 aromatic rings. The summed E-state index contributed by atoms with van der Waals surface area (Å²) in [6, 6.07) is 0. The van der Waals surface area contributed by atoms with Crippen molar-refractivity contribution in [1.82, 2.24) is 5.32 Å². The van der Waals surface area contributed by atoms with Crippen LogP contribution in [0.15, 0.2) is 11.6 Å². The van der Waals surface area contributed by atoms with E-state index in [-0.39, 0.29) is 0 Å². The summed E-state index contributed by atoms with van der Waals surface area (Å²) in [6.45, 7) is 6.50. The van der Waals surface area contributed by atoms with Gasteiger partial charge in [-0.1, -0.05) is 17.7 Å². The fourth-order valence-electron chi connectivity index (χ4n) is 0.597. The maximum absolute atomic E-state index is 5.31. The molecule has 0 aromatic carbocycles. The molecular formula is C8H16ClNO. The lowest BCUT2D eigenvalue weighted by molar-refractivity contribution is 0.0813. The lowest BCUT2D eigenvalue weighted by Gasteiger charge is -2.06. The number of rotatable bonds is 6. The Labute approximate surface area is 73.6 Å². The van der Waals surface area contributed by atoms with Gasteiger partial charge < -0.3 is 10.1 Å². The van der Waals surface area contributed by atoms with Gasteiger partial charge in [0.2, 0.25) is 0 Å². The molecule has 2 nitrogen and oxygen atoms in total. The Bertz CT molecular complexity index is 104. The summed E-state index contributed by atoms with van der Waals surface area (Å²) in [4.78, 5) is 0. The van der Waals surface area contributed by atoms with Gasteiger partial charge in [-0.15, -0.1) is 0 Å². The summed E-state index contributed by atoms with van der Waals surface area (Å²) < 4.78 is 5.30. The van der Waals surface area contributed by atoms with Crippen molar-refractivity contribution in [2.45, 2.75) is 20.0 Å². The van der Waals surface area contributed by atoms with E-state index in [1.165, 1.54) is 5.54 Å². The van der Waals surface area contributed by atoms with Crippen molar-refractivity contribution in [1.29, 1.82) is 0 Å². The molecule has 0 spiro atoms. The molecule has 0 aliphatic heterocycles. The molecule has 0 radical (unpaired) electrons. The molecule has 0 bridgehead atoms. The van der Waals surface area contributed by atoms with Gasteiger partial charge in [0.25, 0.3) is 0 Å². The van der Waals surface area contributed by atoms with Gasteiger partial charge in [-0.25, -0.2) is 0 Å². The molecule has 0 unspecified atom stereocenters. The van der Waals surface area contributed by atoms with Gasteiger partial charge >= 0.3 is 0 Å². The van der Waals surface area contributed by atoms with E-state index < -0.39 is 0 Å². The van der Waals surface area contributed by atoms with Crippen molar-refractivity contribution < 1.29 is 4.74 Å². The number of hydrogen-bond acceptors (Lipinski definition) is 2. The van der Waals surface area contributed by atoms with Gasteiger partial charge in [0, 0.05) is 18.6 Å². The zero-order valence-corrected chi connectivity index (χ0v) is 7.90. The standard InChI is InChI=1S/C8H16ClNO/c1-8(2)11-7-6-10-5-3-4-9/h3-4,8,10H,5-7H2,1-2H3/b4-3+. The van der Waals surface area contributed by atoms with Crippen LogP contribution in [0.1, 0.15) is 13.8 Å². The Hall–Kier alpha value is -0.0500. The van der Waals surface area contributed by atoms with Crippen LogP contribution in [0.2, 0.25) is 0 Å². The first-order valence-corrected chi connectivity index (χ1v) is 4.28. The Morgan fingerprint density at radius 3 is 2.82 bits per heavy atom. The third-order valence-electron chi connectivity index (χ3n) is 1.08. The molecule has 0 rings (SSSR count). The van der Waals surface area contributed by atoms with Crippen LogP contribution in [-0.4, -0.2) is 25.8 Å². The Morgan fingerprint density at radius 1 is 1.55 bits per heavy atom. The monoisotopic (exact) mass is 177 g/mol. The highest BCUT2D eigenvalue weighted by atomic mass is 35.5. The maximum atomic E-state index is 5.31. The van der Waals surface area contributed by atoms with Crippen molar-refractivity contribution in [2.24, 2.45) is 0 Å². The Morgan fingerprint density at radius 2 is 2.27 bits per heavy atom. The van der Waals surface area contributed by atoms with Crippen molar-refractivity contribution in [3.05, 3.63) is 11.6 Å². The minimum absolute atomic E-state index is 0.320. The second kappa shape index (κ2) is 8.05. The van der Waals surface area contributed by atoms with Crippen LogP contribution in [-0.2, 0) is 4.74 Å². The molecule has 0 amide bonds. The Kier molecular flexibility index (Phi) is 8.01. The first-order valence-electron chi connectivity index (χ1n) is 3.85. The van der Waals surface area contributed by atoms with Crippen molar-refractivity contribution in [2.75, 3.05) is 19.7 Å². The van der Waals surface area contributed by atoms with Gasteiger partial charge in [-0.3, -0.25) is 0 Å². The summed E-state index contributed by atoms with van der Waals surface area (Å²) in [5.41, 5.74) is 1.51. The molecule has 0 fully saturated rings. The van der Waals surface area contributed by atoms with Crippen LogP contribution in [0.4, 0.5) is 0 Å². The zero-order chi connectivity index (χ0) is 8.53. The summed E-state index contributed by atoms with van der Waals surface area (Å²) >= 11 is 5.31. The van der Waals surface area contributed by atoms with Gasteiger partial charge in [-0.2, -0.15) is 0 Å². The predicted octanol–water partition coefficient (Wildman–Crippen LogP) is 1.75. The minimum atomic E-state index is 0.320. The second-order valence-electron chi connectivity index (χ2n) is 2.49. The molecule has 0 heterocycles. The smallest absolute Gasteiger partial charge is 0.0594 e. The normalized spacial score (nSPS) is 11.6. The molecule has 0 aliphatic carbocycles. The summed E-state index contributed by atoms with van der Waals surface area (Å²) in [6.07, 6.45) is 2.18. The number of hydrogen-bond donors (Lipinski definition) is 1. The van der Waals surface area contributed by atoms with Crippen LogP contribution in [0.25, 0.3) is 0 Å². The minimum Gasteiger partial charge on any atom is -0.377 e. The van der Waals surface area contributed by atoms with E-state index >= 15 is 0 Å². The topological polar surface area (TPSA) is 21.3 Å². The number of nitrogens with one attached hydrogen (secondary N) is 1. The van der Waals surface area contributed by atoms with Crippen LogP contribution >= 0.6 is 11.6 Å². The third kappa shape index (κ3) is 9.95. The molecule has 3 heteroatoms.